The summed E-state index contributed by atoms with van der Waals surface area (Å²) in [4.78, 5) is 2.12. The highest BCUT2D eigenvalue weighted by Gasteiger charge is 2.30. The van der Waals surface area contributed by atoms with Crippen LogP contribution in [0.2, 0.25) is 0 Å². The first kappa shape index (κ1) is 16.5. The van der Waals surface area contributed by atoms with Crippen molar-refractivity contribution in [3.63, 3.8) is 0 Å². The molecule has 0 spiro atoms. The van der Waals surface area contributed by atoms with E-state index in [1.165, 1.54) is 5.57 Å². The molecule has 1 aromatic rings. The van der Waals surface area contributed by atoms with E-state index < -0.39 is 0 Å². The third-order valence-corrected chi connectivity index (χ3v) is 5.50. The highest BCUT2D eigenvalue weighted by atomic mass is 19.1. The number of nitrogens with zero attached hydrogens (tertiary/aromatic N) is 2. The molecule has 0 fully saturated rings. The zero-order valence-electron chi connectivity index (χ0n) is 15.1. The maximum atomic E-state index is 14.3. The van der Waals surface area contributed by atoms with Gasteiger partial charge in [-0.3, -0.25) is 5.43 Å². The summed E-state index contributed by atoms with van der Waals surface area (Å²) in [7, 11) is 2.03. The summed E-state index contributed by atoms with van der Waals surface area (Å²) in [6, 6.07) is 3.12. The van der Waals surface area contributed by atoms with Crippen molar-refractivity contribution >= 4 is 17.4 Å². The predicted molar refractivity (Wildman–Crippen MR) is 104 cm³/mol. The number of hydrazone groups is 1. The van der Waals surface area contributed by atoms with Gasteiger partial charge in [-0.25, -0.2) is 4.39 Å². The summed E-state index contributed by atoms with van der Waals surface area (Å²) < 4.78 is 14.3. The Morgan fingerprint density at radius 1 is 1.33 bits per heavy atom. The molecular formula is C21H21FN4O. The standard InChI is InChI=1S/C21H21FN4O/c1-26-9-17(12-4-5-23-15(7-12)11-27)21-18(10-26)16-8-14(22)6-13-2-3-19(20(13)16)24-25-21/h2-3,6-8,10,15,23,25,27H,4-5,9,11H2,1H3/t15-/m1/s1. The van der Waals surface area contributed by atoms with E-state index in [1.54, 1.807) is 12.1 Å². The maximum Gasteiger partial charge on any atom is 0.124 e. The van der Waals surface area contributed by atoms with Crippen LogP contribution in [-0.2, 0) is 0 Å². The Hall–Kier alpha value is -2.70. The largest absolute Gasteiger partial charge is 0.394 e. The Balaban J connectivity index is 1.71. The van der Waals surface area contributed by atoms with E-state index in [2.05, 4.69) is 33.0 Å². The molecule has 4 aliphatic rings. The SMILES string of the molecule is CN1C=C2C(=C(C3=C[C@H](CO)NCC3)C1)NN=C1C=Cc3cc(F)cc2c31. The first-order chi connectivity index (χ1) is 13.1. The Morgan fingerprint density at radius 2 is 2.22 bits per heavy atom. The zero-order valence-corrected chi connectivity index (χ0v) is 15.1. The van der Waals surface area contributed by atoms with Gasteiger partial charge in [0.25, 0.3) is 0 Å². The molecule has 1 aromatic carbocycles. The fraction of sp³-hybridized carbons (Fsp3) is 0.286. The van der Waals surface area contributed by atoms with Gasteiger partial charge in [0.15, 0.2) is 0 Å². The number of halogens is 1. The van der Waals surface area contributed by atoms with E-state index in [0.29, 0.717) is 0 Å². The van der Waals surface area contributed by atoms with E-state index in [0.717, 1.165) is 58.8 Å². The minimum absolute atomic E-state index is 0.0375. The zero-order chi connectivity index (χ0) is 18.5. The van der Waals surface area contributed by atoms with Gasteiger partial charge >= 0.3 is 0 Å². The molecular weight excluding hydrogens is 343 g/mol. The van der Waals surface area contributed by atoms with E-state index in [-0.39, 0.29) is 18.5 Å². The molecule has 1 atom stereocenters. The monoisotopic (exact) mass is 364 g/mol. The van der Waals surface area contributed by atoms with Crippen molar-refractivity contribution < 1.29 is 9.50 Å². The first-order valence-corrected chi connectivity index (χ1v) is 9.21. The van der Waals surface area contributed by atoms with E-state index in [4.69, 9.17) is 0 Å². The molecule has 5 nitrogen and oxygen atoms in total. The molecule has 3 N–H and O–H groups in total. The molecule has 0 bridgehead atoms. The van der Waals surface area contributed by atoms with Crippen LogP contribution in [0.1, 0.15) is 23.1 Å². The number of fused-ring (bicyclic) bond motifs is 2. The molecule has 0 saturated heterocycles. The van der Waals surface area contributed by atoms with Gasteiger partial charge in [-0.05, 0) is 47.9 Å². The number of aliphatic hydroxyl groups excluding tert-OH is 1. The molecule has 27 heavy (non-hydrogen) atoms. The van der Waals surface area contributed by atoms with Crippen LogP contribution >= 0.6 is 0 Å². The van der Waals surface area contributed by atoms with Crippen LogP contribution in [0.3, 0.4) is 0 Å². The second-order valence-corrected chi connectivity index (χ2v) is 7.36. The second kappa shape index (κ2) is 6.18. The minimum atomic E-state index is -0.243. The van der Waals surface area contributed by atoms with Crippen LogP contribution in [0, 0.1) is 5.82 Å². The highest BCUT2D eigenvalue weighted by molar-refractivity contribution is 6.20. The number of hydrogen-bond acceptors (Lipinski definition) is 5. The van der Waals surface area contributed by atoms with Gasteiger partial charge in [-0.15, -0.1) is 0 Å². The number of hydrogen-bond donors (Lipinski definition) is 3. The Morgan fingerprint density at radius 3 is 3.07 bits per heavy atom. The van der Waals surface area contributed by atoms with Crippen molar-refractivity contribution in [3.8, 4) is 0 Å². The lowest BCUT2D eigenvalue weighted by molar-refractivity contribution is 0.261. The van der Waals surface area contributed by atoms with E-state index in [9.17, 15) is 9.50 Å². The van der Waals surface area contributed by atoms with E-state index in [1.807, 2.05) is 19.2 Å². The van der Waals surface area contributed by atoms with Gasteiger partial charge in [-0.2, -0.15) is 5.10 Å². The summed E-state index contributed by atoms with van der Waals surface area (Å²) in [5.74, 6) is -0.243. The van der Waals surface area contributed by atoms with Crippen LogP contribution in [0.4, 0.5) is 4.39 Å². The summed E-state index contributed by atoms with van der Waals surface area (Å²) in [5, 5.41) is 17.4. The lowest BCUT2D eigenvalue weighted by atomic mass is 9.87. The molecule has 138 valence electrons. The van der Waals surface area contributed by atoms with Crippen molar-refractivity contribution in [1.29, 1.82) is 0 Å². The third kappa shape index (κ3) is 2.64. The van der Waals surface area contributed by atoms with Crippen LogP contribution in [0.5, 0.6) is 0 Å². The Labute approximate surface area is 157 Å². The molecule has 0 saturated carbocycles. The molecule has 0 aromatic heterocycles. The van der Waals surface area contributed by atoms with E-state index >= 15 is 0 Å². The van der Waals surface area contributed by atoms with Gasteiger partial charge in [0.05, 0.1) is 18.0 Å². The molecule has 5 rings (SSSR count). The molecule has 6 heteroatoms. The van der Waals surface area contributed by atoms with Crippen molar-refractivity contribution in [2.75, 3.05) is 26.7 Å². The van der Waals surface area contributed by atoms with Gasteiger partial charge < -0.3 is 15.3 Å². The predicted octanol–water partition coefficient (Wildman–Crippen LogP) is 1.98. The van der Waals surface area contributed by atoms with Gasteiger partial charge in [0.1, 0.15) is 5.82 Å². The number of aliphatic hydroxyl groups is 1. The fourth-order valence-electron chi connectivity index (χ4n) is 4.28. The number of nitrogens with one attached hydrogen (secondary N) is 2. The van der Waals surface area contributed by atoms with Crippen molar-refractivity contribution in [1.82, 2.24) is 15.6 Å². The van der Waals surface area contributed by atoms with Crippen LogP contribution in [0.25, 0.3) is 11.6 Å². The molecule has 3 heterocycles. The molecule has 0 amide bonds. The quantitative estimate of drug-likeness (QED) is 0.751. The van der Waals surface area contributed by atoms with Crippen LogP contribution in [-0.4, -0.2) is 48.5 Å². The van der Waals surface area contributed by atoms with Gasteiger partial charge in [0.2, 0.25) is 0 Å². The lowest BCUT2D eigenvalue weighted by Crippen LogP contribution is -2.36. The lowest BCUT2D eigenvalue weighted by Gasteiger charge is -2.31. The van der Waals surface area contributed by atoms with Crippen molar-refractivity contribution in [3.05, 3.63) is 69.8 Å². The summed E-state index contributed by atoms with van der Waals surface area (Å²) in [6.07, 6.45) is 8.88. The number of benzene rings is 1. The first-order valence-electron chi connectivity index (χ1n) is 9.21. The average Bonchev–Trinajstić information content (AvgIpc) is 3.01. The number of rotatable bonds is 2. The minimum Gasteiger partial charge on any atom is -0.394 e. The average molecular weight is 364 g/mol. The highest BCUT2D eigenvalue weighted by Crippen LogP contribution is 2.39. The van der Waals surface area contributed by atoms with Crippen LogP contribution in [0.15, 0.2) is 52.4 Å². The molecule has 0 radical (unpaired) electrons. The van der Waals surface area contributed by atoms with Gasteiger partial charge in [-0.1, -0.05) is 12.2 Å². The van der Waals surface area contributed by atoms with Crippen molar-refractivity contribution in [2.45, 2.75) is 12.5 Å². The smallest absolute Gasteiger partial charge is 0.124 e. The molecule has 1 aliphatic carbocycles. The summed E-state index contributed by atoms with van der Waals surface area (Å²) in [5.41, 5.74) is 11.0. The number of allylic oxidation sites excluding steroid dienone is 2. The summed E-state index contributed by atoms with van der Waals surface area (Å²) in [6.45, 7) is 1.64. The fourth-order valence-corrected chi connectivity index (χ4v) is 4.28. The van der Waals surface area contributed by atoms with Crippen molar-refractivity contribution in [2.24, 2.45) is 5.10 Å². The van der Waals surface area contributed by atoms with Gasteiger partial charge in [0, 0.05) is 42.5 Å². The number of likely N-dealkylation sites (N-methyl/N-ethyl adjacent to an activating group) is 1. The maximum absolute atomic E-state index is 14.3. The third-order valence-electron chi connectivity index (χ3n) is 5.50. The van der Waals surface area contributed by atoms with Crippen LogP contribution < -0.4 is 10.7 Å². The Bertz CT molecular complexity index is 986. The topological polar surface area (TPSA) is 59.9 Å². The molecule has 3 aliphatic heterocycles. The summed E-state index contributed by atoms with van der Waals surface area (Å²) >= 11 is 0. The molecule has 0 unspecified atom stereocenters. The Kier molecular flexibility index (Phi) is 3.77. The normalized spacial score (nSPS) is 23.1. The second-order valence-electron chi connectivity index (χ2n) is 7.36.